The molecule has 0 bridgehead atoms. The van der Waals surface area contributed by atoms with E-state index in [9.17, 15) is 28.8 Å². The van der Waals surface area contributed by atoms with Crippen molar-refractivity contribution in [2.24, 2.45) is 0 Å². The molecule has 0 radical (unpaired) electrons. The maximum absolute atomic E-state index is 12.3. The Morgan fingerprint density at radius 1 is 1.04 bits per heavy atom. The summed E-state index contributed by atoms with van der Waals surface area (Å²) in [5.74, 6) is -4.91. The van der Waals surface area contributed by atoms with Crippen molar-refractivity contribution in [3.63, 3.8) is 0 Å². The first-order valence-corrected chi connectivity index (χ1v) is 8.66. The van der Waals surface area contributed by atoms with Gasteiger partial charge in [0.2, 0.25) is 23.6 Å². The van der Waals surface area contributed by atoms with Crippen molar-refractivity contribution in [1.29, 1.82) is 0 Å². The molecule has 12 heteroatoms. The highest BCUT2D eigenvalue weighted by Gasteiger charge is 2.31. The van der Waals surface area contributed by atoms with E-state index in [2.05, 4.69) is 21.3 Å². The van der Waals surface area contributed by atoms with Crippen molar-refractivity contribution in [3.05, 3.63) is 0 Å². The number of rotatable bonds is 10. The molecule has 4 atom stereocenters. The summed E-state index contributed by atoms with van der Waals surface area (Å²) in [7, 11) is 0. The van der Waals surface area contributed by atoms with Crippen LogP contribution < -0.4 is 21.3 Å². The van der Waals surface area contributed by atoms with E-state index in [-0.39, 0.29) is 31.6 Å². The smallest absolute Gasteiger partial charge is 0.325 e. The molecule has 156 valence electrons. The van der Waals surface area contributed by atoms with E-state index in [0.717, 1.165) is 0 Å². The Morgan fingerprint density at radius 2 is 1.61 bits per heavy atom. The van der Waals surface area contributed by atoms with E-state index in [1.165, 1.54) is 13.8 Å². The predicted octanol–water partition coefficient (Wildman–Crippen LogP) is -2.29. The summed E-state index contributed by atoms with van der Waals surface area (Å²) < 4.78 is 0. The lowest BCUT2D eigenvalue weighted by Crippen LogP contribution is -2.54. The monoisotopic (exact) mass is 400 g/mol. The van der Waals surface area contributed by atoms with Gasteiger partial charge in [0, 0.05) is 12.8 Å². The van der Waals surface area contributed by atoms with Crippen molar-refractivity contribution in [1.82, 2.24) is 21.3 Å². The zero-order valence-electron chi connectivity index (χ0n) is 15.5. The fourth-order valence-corrected chi connectivity index (χ4v) is 2.38. The lowest BCUT2D eigenvalue weighted by atomic mass is 10.1. The second-order valence-electron chi connectivity index (χ2n) is 6.45. The van der Waals surface area contributed by atoms with Gasteiger partial charge in [-0.05, 0) is 26.7 Å². The Morgan fingerprint density at radius 3 is 2.11 bits per heavy atom. The lowest BCUT2D eigenvalue weighted by molar-refractivity contribution is -0.142. The van der Waals surface area contributed by atoms with Gasteiger partial charge in [0.15, 0.2) is 0 Å². The fraction of sp³-hybridized carbons (Fsp3) is 0.625. The van der Waals surface area contributed by atoms with Crippen LogP contribution >= 0.6 is 0 Å². The van der Waals surface area contributed by atoms with Gasteiger partial charge in [0.25, 0.3) is 0 Å². The Hall–Kier alpha value is -3.18. The molecule has 4 amide bonds. The number of carbonyl (C=O) groups is 6. The Kier molecular flexibility index (Phi) is 8.35. The van der Waals surface area contributed by atoms with E-state index in [1.807, 2.05) is 0 Å². The Bertz CT molecular complexity index is 665. The van der Waals surface area contributed by atoms with Crippen molar-refractivity contribution >= 4 is 35.6 Å². The van der Waals surface area contributed by atoms with Crippen molar-refractivity contribution in [2.75, 3.05) is 0 Å². The summed E-state index contributed by atoms with van der Waals surface area (Å²) in [5, 5.41) is 26.9. The molecule has 0 aromatic heterocycles. The van der Waals surface area contributed by atoms with Crippen LogP contribution in [0.3, 0.4) is 0 Å². The van der Waals surface area contributed by atoms with Gasteiger partial charge in [-0.2, -0.15) is 0 Å². The van der Waals surface area contributed by atoms with E-state index in [1.54, 1.807) is 0 Å². The molecule has 1 aliphatic heterocycles. The average molecular weight is 400 g/mol. The summed E-state index contributed by atoms with van der Waals surface area (Å²) in [5.41, 5.74) is 0. The number of hydrogen-bond acceptors (Lipinski definition) is 6. The summed E-state index contributed by atoms with van der Waals surface area (Å²) in [6.45, 7) is 2.50. The van der Waals surface area contributed by atoms with E-state index in [4.69, 9.17) is 10.2 Å². The lowest BCUT2D eigenvalue weighted by Gasteiger charge is -2.21. The van der Waals surface area contributed by atoms with Gasteiger partial charge in [-0.3, -0.25) is 28.8 Å². The standard InChI is InChI=1S/C16H24N4O8/c1-7(15(25)26)17-11(21)5-4-10(13(23)18-8(2)16(27)28)20-14(24)9-3-6-12(22)19-9/h7-10H,3-6H2,1-2H3,(H,17,21)(H,18,23)(H,19,22)(H,20,24)(H,25,26)(H,27,28)/t7-,8-,9-,10-/m0/s1. The molecule has 12 nitrogen and oxygen atoms in total. The first-order chi connectivity index (χ1) is 13.0. The van der Waals surface area contributed by atoms with Crippen LogP contribution in [0.2, 0.25) is 0 Å². The minimum absolute atomic E-state index is 0.167. The van der Waals surface area contributed by atoms with Crippen LogP contribution in [0.1, 0.15) is 39.5 Å². The van der Waals surface area contributed by atoms with Crippen LogP contribution in [0.4, 0.5) is 0 Å². The van der Waals surface area contributed by atoms with Crippen LogP contribution in [0, 0.1) is 0 Å². The van der Waals surface area contributed by atoms with Crippen LogP contribution in [-0.4, -0.2) is 69.9 Å². The molecule has 0 aromatic rings. The molecule has 28 heavy (non-hydrogen) atoms. The third kappa shape index (κ3) is 7.21. The van der Waals surface area contributed by atoms with E-state index < -0.39 is 53.8 Å². The number of aliphatic carboxylic acids is 2. The molecule has 1 saturated heterocycles. The summed E-state index contributed by atoms with van der Waals surface area (Å²) in [4.78, 5) is 69.3. The minimum Gasteiger partial charge on any atom is -0.480 e. The number of amides is 4. The number of nitrogens with one attached hydrogen (secondary N) is 4. The van der Waals surface area contributed by atoms with Crippen LogP contribution in [0.25, 0.3) is 0 Å². The topological polar surface area (TPSA) is 191 Å². The van der Waals surface area contributed by atoms with Crippen LogP contribution in [0.5, 0.6) is 0 Å². The quantitative estimate of drug-likeness (QED) is 0.236. The maximum atomic E-state index is 12.3. The number of hydrogen-bond donors (Lipinski definition) is 6. The SMILES string of the molecule is C[C@H](NC(=O)CC[C@H](NC(=O)[C@@H]1CCC(=O)N1)C(=O)N[C@@H](C)C(=O)O)C(=O)O. The maximum Gasteiger partial charge on any atom is 0.325 e. The molecule has 1 aliphatic rings. The molecular formula is C16H24N4O8. The average Bonchev–Trinajstić information content (AvgIpc) is 3.04. The van der Waals surface area contributed by atoms with Gasteiger partial charge >= 0.3 is 11.9 Å². The third-order valence-corrected chi connectivity index (χ3v) is 4.08. The molecule has 0 aliphatic carbocycles. The van der Waals surface area contributed by atoms with Crippen molar-refractivity contribution in [2.45, 2.75) is 63.7 Å². The molecule has 0 spiro atoms. The third-order valence-electron chi connectivity index (χ3n) is 4.08. The van der Waals surface area contributed by atoms with Crippen LogP contribution in [-0.2, 0) is 28.8 Å². The first kappa shape index (κ1) is 22.9. The van der Waals surface area contributed by atoms with Gasteiger partial charge < -0.3 is 31.5 Å². The summed E-state index contributed by atoms with van der Waals surface area (Å²) in [6.07, 6.45) is -0.0567. The number of carboxylic acid groups (broad SMARTS) is 2. The zero-order chi connectivity index (χ0) is 21.4. The number of carboxylic acids is 2. The molecule has 6 N–H and O–H groups in total. The summed E-state index contributed by atoms with van der Waals surface area (Å²) in [6, 6.07) is -4.41. The molecule has 0 saturated carbocycles. The highest BCUT2D eigenvalue weighted by Crippen LogP contribution is 2.08. The Labute approximate surface area is 160 Å². The second kappa shape index (κ2) is 10.2. The zero-order valence-corrected chi connectivity index (χ0v) is 15.5. The number of carbonyl (C=O) groups excluding carboxylic acids is 4. The van der Waals surface area contributed by atoms with Crippen LogP contribution in [0.15, 0.2) is 0 Å². The van der Waals surface area contributed by atoms with E-state index in [0.29, 0.717) is 0 Å². The molecule has 0 unspecified atom stereocenters. The fourth-order valence-electron chi connectivity index (χ4n) is 2.38. The normalized spacial score (nSPS) is 18.9. The molecule has 0 aromatic carbocycles. The van der Waals surface area contributed by atoms with E-state index >= 15 is 0 Å². The van der Waals surface area contributed by atoms with Gasteiger partial charge in [-0.1, -0.05) is 0 Å². The minimum atomic E-state index is -1.28. The molecule has 1 rings (SSSR count). The van der Waals surface area contributed by atoms with Crippen molar-refractivity contribution in [3.8, 4) is 0 Å². The Balaban J connectivity index is 2.73. The summed E-state index contributed by atoms with van der Waals surface area (Å²) >= 11 is 0. The molecule has 1 fully saturated rings. The van der Waals surface area contributed by atoms with Gasteiger partial charge in [-0.25, -0.2) is 0 Å². The largest absolute Gasteiger partial charge is 0.480 e. The highest BCUT2D eigenvalue weighted by atomic mass is 16.4. The molecular weight excluding hydrogens is 376 g/mol. The highest BCUT2D eigenvalue weighted by molar-refractivity contribution is 5.95. The van der Waals surface area contributed by atoms with Gasteiger partial charge in [0.1, 0.15) is 24.2 Å². The van der Waals surface area contributed by atoms with Gasteiger partial charge in [0.05, 0.1) is 0 Å². The van der Waals surface area contributed by atoms with Crippen molar-refractivity contribution < 1.29 is 39.0 Å². The first-order valence-electron chi connectivity index (χ1n) is 8.66. The van der Waals surface area contributed by atoms with Gasteiger partial charge in [-0.15, -0.1) is 0 Å². The molecule has 1 heterocycles. The second-order valence-corrected chi connectivity index (χ2v) is 6.45. The predicted molar refractivity (Wildman–Crippen MR) is 92.8 cm³/mol.